The summed E-state index contributed by atoms with van der Waals surface area (Å²) in [7, 11) is 0. The highest BCUT2D eigenvalue weighted by Gasteiger charge is 2.48. The van der Waals surface area contributed by atoms with E-state index < -0.39 is 16.6 Å². The van der Waals surface area contributed by atoms with E-state index in [2.05, 4.69) is 20.7 Å². The van der Waals surface area contributed by atoms with Crippen molar-refractivity contribution in [1.29, 1.82) is 5.26 Å². The van der Waals surface area contributed by atoms with Gasteiger partial charge in [0.25, 0.3) is 0 Å². The van der Waals surface area contributed by atoms with Crippen LogP contribution in [-0.2, 0) is 4.74 Å². The minimum absolute atomic E-state index is 0.0387. The van der Waals surface area contributed by atoms with Crippen LogP contribution in [0.1, 0.15) is 12.8 Å². The molecule has 0 aromatic carbocycles. The summed E-state index contributed by atoms with van der Waals surface area (Å²) in [5.74, 6) is 0. The third kappa shape index (κ3) is 2.58. The highest BCUT2D eigenvalue weighted by molar-refractivity contribution is 9.10. The zero-order chi connectivity index (χ0) is 10.1. The molecular weight excluding hydrogens is 251 g/mol. The molecule has 1 fully saturated rings. The summed E-state index contributed by atoms with van der Waals surface area (Å²) >= 11 is 2.99. The molecule has 74 valence electrons. The maximum absolute atomic E-state index is 12.2. The van der Waals surface area contributed by atoms with Crippen molar-refractivity contribution in [1.82, 2.24) is 0 Å². The van der Waals surface area contributed by atoms with Gasteiger partial charge in [-0.2, -0.15) is 18.4 Å². The van der Waals surface area contributed by atoms with Gasteiger partial charge in [-0.1, -0.05) is 15.9 Å². The van der Waals surface area contributed by atoms with E-state index >= 15 is 0 Å². The van der Waals surface area contributed by atoms with E-state index in [0.717, 1.165) is 0 Å². The zero-order valence-corrected chi connectivity index (χ0v) is 8.15. The molecule has 2 atom stereocenters. The lowest BCUT2D eigenvalue weighted by Crippen LogP contribution is -2.43. The normalized spacial score (nSPS) is 35.5. The Bertz CT molecular complexity index is 237. The predicted molar refractivity (Wildman–Crippen MR) is 42.3 cm³/mol. The van der Waals surface area contributed by atoms with E-state index in [1.165, 1.54) is 0 Å². The maximum Gasteiger partial charge on any atom is 0.414 e. The maximum atomic E-state index is 12.2. The van der Waals surface area contributed by atoms with Crippen LogP contribution >= 0.6 is 15.9 Å². The summed E-state index contributed by atoms with van der Waals surface area (Å²) in [6.07, 6.45) is -6.25. The second-order valence-electron chi connectivity index (χ2n) is 2.93. The molecule has 1 aliphatic rings. The first-order valence-corrected chi connectivity index (χ1v) is 4.45. The van der Waals surface area contributed by atoms with Gasteiger partial charge < -0.3 is 4.74 Å². The van der Waals surface area contributed by atoms with Gasteiger partial charge in [0.1, 0.15) is 4.32 Å². The number of nitrogens with zero attached hydrogens (tertiary/aromatic N) is 1. The molecule has 0 saturated carbocycles. The summed E-state index contributed by atoms with van der Waals surface area (Å²) in [5.41, 5.74) is 0. The molecule has 1 heterocycles. The van der Waals surface area contributed by atoms with Crippen molar-refractivity contribution in [3.05, 3.63) is 0 Å². The van der Waals surface area contributed by atoms with Crippen LogP contribution in [-0.4, -0.2) is 23.2 Å². The van der Waals surface area contributed by atoms with Crippen LogP contribution < -0.4 is 0 Å². The fourth-order valence-corrected chi connectivity index (χ4v) is 1.59. The van der Waals surface area contributed by atoms with E-state index in [4.69, 9.17) is 5.26 Å². The molecule has 2 nitrogen and oxygen atoms in total. The molecule has 1 aliphatic heterocycles. The van der Waals surface area contributed by atoms with Gasteiger partial charge in [0.15, 0.2) is 6.10 Å². The van der Waals surface area contributed by atoms with Crippen LogP contribution in [0, 0.1) is 11.3 Å². The zero-order valence-electron chi connectivity index (χ0n) is 6.57. The largest absolute Gasteiger partial charge is 0.414 e. The molecule has 1 rings (SSSR count). The highest BCUT2D eigenvalue weighted by atomic mass is 79.9. The molecule has 6 heteroatoms. The Balaban J connectivity index is 2.69. The van der Waals surface area contributed by atoms with Crippen LogP contribution in [0.15, 0.2) is 0 Å². The van der Waals surface area contributed by atoms with Gasteiger partial charge in [0.2, 0.25) is 0 Å². The first kappa shape index (κ1) is 10.8. The highest BCUT2D eigenvalue weighted by Crippen LogP contribution is 2.38. The number of ether oxygens (including phenoxy) is 1. The van der Waals surface area contributed by atoms with E-state index in [0.29, 0.717) is 0 Å². The standard InChI is InChI=1S/C7H7BrF3NO/c8-6(4-12)1-2-13-5(3-6)7(9,10)11/h5H,1-3H2. The van der Waals surface area contributed by atoms with Crippen LogP contribution in [0.2, 0.25) is 0 Å². The first-order valence-electron chi connectivity index (χ1n) is 3.66. The summed E-state index contributed by atoms with van der Waals surface area (Å²) in [4.78, 5) is 0. The first-order chi connectivity index (χ1) is 5.87. The number of halogens is 4. The average Bonchev–Trinajstić information content (AvgIpc) is 2.03. The van der Waals surface area contributed by atoms with Crippen molar-refractivity contribution in [2.45, 2.75) is 29.4 Å². The van der Waals surface area contributed by atoms with Gasteiger partial charge in [0, 0.05) is 13.0 Å². The molecular formula is C7H7BrF3NO. The number of nitriles is 1. The van der Waals surface area contributed by atoms with Crippen molar-refractivity contribution in [3.63, 3.8) is 0 Å². The summed E-state index contributed by atoms with van der Waals surface area (Å²) < 4.78 is 40.0. The molecule has 0 amide bonds. The quantitative estimate of drug-likeness (QED) is 0.625. The Kier molecular flexibility index (Phi) is 2.88. The molecule has 0 aliphatic carbocycles. The van der Waals surface area contributed by atoms with Gasteiger partial charge in [-0.15, -0.1) is 0 Å². The third-order valence-corrected chi connectivity index (χ3v) is 2.79. The summed E-state index contributed by atoms with van der Waals surface area (Å²) in [6.45, 7) is -0.0387. The van der Waals surface area contributed by atoms with E-state index in [1.54, 1.807) is 0 Å². The lowest BCUT2D eigenvalue weighted by Gasteiger charge is -2.32. The Labute approximate surface area is 81.8 Å². The fourth-order valence-electron chi connectivity index (χ4n) is 1.13. The monoisotopic (exact) mass is 257 g/mol. The smallest absolute Gasteiger partial charge is 0.369 e. The lowest BCUT2D eigenvalue weighted by molar-refractivity contribution is -0.231. The molecule has 0 aromatic rings. The summed E-state index contributed by atoms with van der Waals surface area (Å²) in [6, 6.07) is 1.82. The Hall–Kier alpha value is -0.280. The van der Waals surface area contributed by atoms with Crippen molar-refractivity contribution >= 4 is 15.9 Å². The molecule has 0 bridgehead atoms. The van der Waals surface area contributed by atoms with Gasteiger partial charge in [-0.25, -0.2) is 0 Å². The summed E-state index contributed by atoms with van der Waals surface area (Å²) in [5, 5.41) is 8.61. The molecule has 2 unspecified atom stereocenters. The molecule has 0 aromatic heterocycles. The molecule has 0 spiro atoms. The number of hydrogen-bond acceptors (Lipinski definition) is 2. The minimum Gasteiger partial charge on any atom is -0.369 e. The van der Waals surface area contributed by atoms with Crippen LogP contribution in [0.5, 0.6) is 0 Å². The SMILES string of the molecule is N#CC1(Br)CCOC(C(F)(F)F)C1. The van der Waals surface area contributed by atoms with E-state index in [1.807, 2.05) is 6.07 Å². The number of alkyl halides is 4. The van der Waals surface area contributed by atoms with Crippen LogP contribution in [0.25, 0.3) is 0 Å². The topological polar surface area (TPSA) is 33.0 Å². The van der Waals surface area contributed by atoms with E-state index in [9.17, 15) is 13.2 Å². The second kappa shape index (κ2) is 3.46. The molecule has 1 saturated heterocycles. The molecule has 13 heavy (non-hydrogen) atoms. The number of rotatable bonds is 0. The van der Waals surface area contributed by atoms with Crippen molar-refractivity contribution in [3.8, 4) is 6.07 Å². The van der Waals surface area contributed by atoms with Crippen molar-refractivity contribution < 1.29 is 17.9 Å². The van der Waals surface area contributed by atoms with Gasteiger partial charge in [0.05, 0.1) is 6.07 Å². The molecule has 0 radical (unpaired) electrons. The third-order valence-electron chi connectivity index (χ3n) is 1.89. The average molecular weight is 258 g/mol. The Morgan fingerprint density at radius 2 is 2.15 bits per heavy atom. The Morgan fingerprint density at radius 3 is 2.62 bits per heavy atom. The lowest BCUT2D eigenvalue weighted by atomic mass is 9.96. The van der Waals surface area contributed by atoms with Gasteiger partial charge in [-0.3, -0.25) is 0 Å². The number of hydrogen-bond donors (Lipinski definition) is 0. The molecule has 0 N–H and O–H groups in total. The van der Waals surface area contributed by atoms with Crippen LogP contribution in [0.4, 0.5) is 13.2 Å². The van der Waals surface area contributed by atoms with Gasteiger partial charge >= 0.3 is 6.18 Å². The van der Waals surface area contributed by atoms with Crippen molar-refractivity contribution in [2.24, 2.45) is 0 Å². The van der Waals surface area contributed by atoms with E-state index in [-0.39, 0.29) is 19.4 Å². The van der Waals surface area contributed by atoms with Crippen LogP contribution in [0.3, 0.4) is 0 Å². The fraction of sp³-hybridized carbons (Fsp3) is 0.857. The second-order valence-corrected chi connectivity index (χ2v) is 4.45. The van der Waals surface area contributed by atoms with Crippen molar-refractivity contribution in [2.75, 3.05) is 6.61 Å². The van der Waals surface area contributed by atoms with Gasteiger partial charge in [-0.05, 0) is 6.42 Å². The Morgan fingerprint density at radius 1 is 1.54 bits per heavy atom. The minimum atomic E-state index is -4.38. The predicted octanol–water partition coefficient (Wildman–Crippen LogP) is 2.38.